The van der Waals surface area contributed by atoms with Gasteiger partial charge in [-0.2, -0.15) is 0 Å². The molecule has 0 bridgehead atoms. The highest BCUT2D eigenvalue weighted by molar-refractivity contribution is 6.32. The third kappa shape index (κ3) is 3.09. The van der Waals surface area contributed by atoms with Gasteiger partial charge in [-0.1, -0.05) is 18.5 Å². The molecule has 0 saturated heterocycles. The van der Waals surface area contributed by atoms with Crippen LogP contribution in [0.3, 0.4) is 0 Å². The lowest BCUT2D eigenvalue weighted by Gasteiger charge is -2.11. The van der Waals surface area contributed by atoms with Crippen molar-refractivity contribution in [2.75, 3.05) is 18.9 Å². The van der Waals surface area contributed by atoms with Crippen LogP contribution in [0.4, 0.5) is 5.69 Å². The molecule has 1 aromatic rings. The second-order valence-corrected chi connectivity index (χ2v) is 3.70. The fraction of sp³-hybridized carbons (Fsp3) is 0.400. The molecule has 0 aliphatic heterocycles. The van der Waals surface area contributed by atoms with Crippen LogP contribution in [0, 0.1) is 5.92 Å². The summed E-state index contributed by atoms with van der Waals surface area (Å²) in [7, 11) is 0. The quantitative estimate of drug-likeness (QED) is 0.755. The largest absolute Gasteiger partial charge is 0.492 e. The van der Waals surface area contributed by atoms with E-state index in [0.29, 0.717) is 23.1 Å². The van der Waals surface area contributed by atoms with Crippen LogP contribution in [0.15, 0.2) is 18.2 Å². The van der Waals surface area contributed by atoms with E-state index in [4.69, 9.17) is 27.2 Å². The monoisotopic (exact) mass is 215 g/mol. The molecule has 78 valence electrons. The minimum absolute atomic E-state index is 0.0903. The zero-order valence-electron chi connectivity index (χ0n) is 8.03. The first-order chi connectivity index (χ1) is 6.63. The van der Waals surface area contributed by atoms with E-state index in [0.717, 1.165) is 0 Å². The Labute approximate surface area is 88.4 Å². The van der Waals surface area contributed by atoms with E-state index in [1.54, 1.807) is 18.2 Å². The van der Waals surface area contributed by atoms with Crippen LogP contribution in [-0.2, 0) is 0 Å². The Morgan fingerprint density at radius 1 is 1.57 bits per heavy atom. The lowest BCUT2D eigenvalue weighted by atomic mass is 10.2. The van der Waals surface area contributed by atoms with Crippen LogP contribution in [0.1, 0.15) is 6.92 Å². The van der Waals surface area contributed by atoms with Gasteiger partial charge in [-0.15, -0.1) is 0 Å². The van der Waals surface area contributed by atoms with Crippen molar-refractivity contribution in [2.24, 2.45) is 5.92 Å². The molecule has 4 heteroatoms. The average molecular weight is 216 g/mol. The van der Waals surface area contributed by atoms with Gasteiger partial charge in [0.25, 0.3) is 0 Å². The second-order valence-electron chi connectivity index (χ2n) is 3.29. The molecule has 0 aromatic heterocycles. The van der Waals surface area contributed by atoms with Crippen LogP contribution < -0.4 is 10.5 Å². The van der Waals surface area contributed by atoms with E-state index in [1.165, 1.54) is 0 Å². The lowest BCUT2D eigenvalue weighted by molar-refractivity contribution is 0.174. The van der Waals surface area contributed by atoms with Crippen molar-refractivity contribution in [3.05, 3.63) is 23.2 Å². The summed E-state index contributed by atoms with van der Waals surface area (Å²) in [4.78, 5) is 0. The Morgan fingerprint density at radius 3 is 2.93 bits per heavy atom. The Balaban J connectivity index is 2.62. The minimum atomic E-state index is 0.0903. The SMILES string of the molecule is CC(CO)COc1cc(N)ccc1Cl. The minimum Gasteiger partial charge on any atom is -0.492 e. The summed E-state index contributed by atoms with van der Waals surface area (Å²) in [6, 6.07) is 5.08. The Hall–Kier alpha value is -0.930. The summed E-state index contributed by atoms with van der Waals surface area (Å²) in [5.41, 5.74) is 6.19. The summed E-state index contributed by atoms with van der Waals surface area (Å²) in [5, 5.41) is 9.33. The van der Waals surface area contributed by atoms with Gasteiger partial charge in [0, 0.05) is 24.3 Å². The van der Waals surface area contributed by atoms with Gasteiger partial charge in [-0.25, -0.2) is 0 Å². The van der Waals surface area contributed by atoms with Gasteiger partial charge in [0.2, 0.25) is 0 Å². The third-order valence-electron chi connectivity index (χ3n) is 1.79. The molecule has 1 rings (SSSR count). The number of halogens is 1. The molecule has 0 amide bonds. The molecular formula is C10H14ClNO2. The van der Waals surface area contributed by atoms with Gasteiger partial charge < -0.3 is 15.6 Å². The number of anilines is 1. The number of hydrogen-bond donors (Lipinski definition) is 2. The van der Waals surface area contributed by atoms with Gasteiger partial charge in [-0.3, -0.25) is 0 Å². The zero-order valence-corrected chi connectivity index (χ0v) is 8.79. The average Bonchev–Trinajstić information content (AvgIpc) is 2.19. The molecule has 0 spiro atoms. The lowest BCUT2D eigenvalue weighted by Crippen LogP contribution is -2.12. The maximum Gasteiger partial charge on any atom is 0.139 e. The van der Waals surface area contributed by atoms with Gasteiger partial charge in [0.05, 0.1) is 11.6 Å². The second kappa shape index (κ2) is 5.08. The highest BCUT2D eigenvalue weighted by Gasteiger charge is 2.05. The van der Waals surface area contributed by atoms with Gasteiger partial charge in [0.1, 0.15) is 5.75 Å². The maximum atomic E-state index is 8.80. The molecule has 1 atom stereocenters. The topological polar surface area (TPSA) is 55.5 Å². The number of rotatable bonds is 4. The summed E-state index contributed by atoms with van der Waals surface area (Å²) >= 11 is 5.88. The number of aliphatic hydroxyl groups is 1. The fourth-order valence-corrected chi connectivity index (χ4v) is 1.09. The van der Waals surface area contributed by atoms with E-state index >= 15 is 0 Å². The van der Waals surface area contributed by atoms with Gasteiger partial charge in [0.15, 0.2) is 0 Å². The normalized spacial score (nSPS) is 12.5. The van der Waals surface area contributed by atoms with E-state index in [-0.39, 0.29) is 12.5 Å². The van der Waals surface area contributed by atoms with Crippen LogP contribution in [-0.4, -0.2) is 18.3 Å². The molecule has 1 aromatic carbocycles. The number of nitrogens with two attached hydrogens (primary N) is 1. The number of hydrogen-bond acceptors (Lipinski definition) is 3. The number of ether oxygens (including phenoxy) is 1. The first kappa shape index (κ1) is 11.1. The summed E-state index contributed by atoms with van der Waals surface area (Å²) < 4.78 is 5.40. The van der Waals surface area contributed by atoms with E-state index in [2.05, 4.69) is 0 Å². The van der Waals surface area contributed by atoms with Crippen molar-refractivity contribution in [1.29, 1.82) is 0 Å². The molecule has 3 N–H and O–H groups in total. The highest BCUT2D eigenvalue weighted by atomic mass is 35.5. The van der Waals surface area contributed by atoms with Crippen LogP contribution >= 0.6 is 11.6 Å². The molecule has 0 heterocycles. The van der Waals surface area contributed by atoms with Gasteiger partial charge >= 0.3 is 0 Å². The zero-order chi connectivity index (χ0) is 10.6. The molecule has 14 heavy (non-hydrogen) atoms. The predicted octanol–water partition coefficient (Wildman–Crippen LogP) is 1.93. The van der Waals surface area contributed by atoms with Gasteiger partial charge in [-0.05, 0) is 12.1 Å². The van der Waals surface area contributed by atoms with Crippen molar-refractivity contribution < 1.29 is 9.84 Å². The molecule has 1 unspecified atom stereocenters. The van der Waals surface area contributed by atoms with E-state index < -0.39 is 0 Å². The highest BCUT2D eigenvalue weighted by Crippen LogP contribution is 2.26. The Morgan fingerprint density at radius 2 is 2.29 bits per heavy atom. The van der Waals surface area contributed by atoms with Crippen LogP contribution in [0.5, 0.6) is 5.75 Å². The molecule has 0 aliphatic carbocycles. The van der Waals surface area contributed by atoms with Crippen molar-refractivity contribution in [2.45, 2.75) is 6.92 Å². The molecule has 0 fully saturated rings. The number of benzene rings is 1. The van der Waals surface area contributed by atoms with Crippen molar-refractivity contribution in [3.63, 3.8) is 0 Å². The van der Waals surface area contributed by atoms with Crippen LogP contribution in [0.25, 0.3) is 0 Å². The Kier molecular flexibility index (Phi) is 4.04. The molecular weight excluding hydrogens is 202 g/mol. The first-order valence-corrected chi connectivity index (χ1v) is 4.80. The Bertz CT molecular complexity index is 304. The molecule has 0 saturated carbocycles. The molecule has 3 nitrogen and oxygen atoms in total. The summed E-state index contributed by atoms with van der Waals surface area (Å²) in [6.45, 7) is 2.42. The van der Waals surface area contributed by atoms with Crippen molar-refractivity contribution in [1.82, 2.24) is 0 Å². The number of nitrogen functional groups attached to an aromatic ring is 1. The third-order valence-corrected chi connectivity index (χ3v) is 2.10. The van der Waals surface area contributed by atoms with Crippen molar-refractivity contribution in [3.8, 4) is 5.75 Å². The number of aliphatic hydroxyl groups excluding tert-OH is 1. The van der Waals surface area contributed by atoms with Crippen molar-refractivity contribution >= 4 is 17.3 Å². The van der Waals surface area contributed by atoms with Crippen LogP contribution in [0.2, 0.25) is 5.02 Å². The maximum absolute atomic E-state index is 8.80. The summed E-state index contributed by atoms with van der Waals surface area (Å²) in [6.07, 6.45) is 0. The standard InChI is InChI=1S/C10H14ClNO2/c1-7(5-13)6-14-10-4-8(12)2-3-9(10)11/h2-4,7,13H,5-6,12H2,1H3. The smallest absolute Gasteiger partial charge is 0.139 e. The van der Waals surface area contributed by atoms with E-state index in [9.17, 15) is 0 Å². The molecule has 0 radical (unpaired) electrons. The summed E-state index contributed by atoms with van der Waals surface area (Å²) in [5.74, 6) is 0.652. The first-order valence-electron chi connectivity index (χ1n) is 4.42. The molecule has 0 aliphatic rings. The predicted molar refractivity (Wildman–Crippen MR) is 57.6 cm³/mol. The van der Waals surface area contributed by atoms with E-state index in [1.807, 2.05) is 6.92 Å². The fourth-order valence-electron chi connectivity index (χ4n) is 0.915.